The van der Waals surface area contributed by atoms with Crippen LogP contribution in [0.25, 0.3) is 0 Å². The SMILES string of the molecule is CCC1(C(=O)OC)C2(C)C[C@]21F. The van der Waals surface area contributed by atoms with Crippen molar-refractivity contribution in [1.29, 1.82) is 0 Å². The zero-order valence-electron chi connectivity index (χ0n) is 7.61. The Balaban J connectivity index is 2.28. The largest absolute Gasteiger partial charge is 0.468 e. The van der Waals surface area contributed by atoms with E-state index in [0.29, 0.717) is 12.8 Å². The van der Waals surface area contributed by atoms with Crippen molar-refractivity contribution in [3.8, 4) is 0 Å². The molecule has 0 heterocycles. The van der Waals surface area contributed by atoms with Gasteiger partial charge in [0.25, 0.3) is 0 Å². The molecule has 0 amide bonds. The first kappa shape index (κ1) is 8.02. The van der Waals surface area contributed by atoms with Gasteiger partial charge in [-0.05, 0) is 12.8 Å². The minimum Gasteiger partial charge on any atom is -0.468 e. The van der Waals surface area contributed by atoms with Crippen LogP contribution in [0.1, 0.15) is 26.7 Å². The second kappa shape index (κ2) is 1.68. The third-order valence-corrected chi connectivity index (χ3v) is 3.97. The number of hydrogen-bond acceptors (Lipinski definition) is 2. The van der Waals surface area contributed by atoms with Crippen LogP contribution in [-0.4, -0.2) is 18.7 Å². The van der Waals surface area contributed by atoms with E-state index in [1.165, 1.54) is 7.11 Å². The number of halogens is 1. The summed E-state index contributed by atoms with van der Waals surface area (Å²) in [5, 5.41) is 0. The van der Waals surface area contributed by atoms with Crippen molar-refractivity contribution in [2.45, 2.75) is 32.4 Å². The Bertz CT molecular complexity index is 249. The van der Waals surface area contributed by atoms with Crippen molar-refractivity contribution in [2.24, 2.45) is 10.8 Å². The van der Waals surface area contributed by atoms with Crippen LogP contribution in [0.15, 0.2) is 0 Å². The zero-order chi connectivity index (χ0) is 9.20. The van der Waals surface area contributed by atoms with Gasteiger partial charge in [0.15, 0.2) is 0 Å². The maximum atomic E-state index is 13.7. The Morgan fingerprint density at radius 1 is 1.67 bits per heavy atom. The molecule has 68 valence electrons. The lowest BCUT2D eigenvalue weighted by molar-refractivity contribution is -0.152. The fraction of sp³-hybridized carbons (Fsp3) is 0.889. The molecule has 0 radical (unpaired) electrons. The van der Waals surface area contributed by atoms with Crippen molar-refractivity contribution < 1.29 is 13.9 Å². The lowest BCUT2D eigenvalue weighted by atomic mass is 9.85. The second-order valence-corrected chi connectivity index (χ2v) is 4.06. The molecule has 12 heavy (non-hydrogen) atoms. The van der Waals surface area contributed by atoms with Gasteiger partial charge in [-0.15, -0.1) is 0 Å². The minimum absolute atomic E-state index is 0.374. The summed E-state index contributed by atoms with van der Waals surface area (Å²) in [7, 11) is 1.32. The molecule has 2 unspecified atom stereocenters. The maximum Gasteiger partial charge on any atom is 0.315 e. The van der Waals surface area contributed by atoms with E-state index in [1.807, 2.05) is 13.8 Å². The van der Waals surface area contributed by atoms with E-state index in [2.05, 4.69) is 4.74 Å². The summed E-state index contributed by atoms with van der Waals surface area (Å²) in [4.78, 5) is 11.3. The summed E-state index contributed by atoms with van der Waals surface area (Å²) in [6.07, 6.45) is 1.08. The Morgan fingerprint density at radius 3 is 2.25 bits per heavy atom. The minimum atomic E-state index is -1.23. The lowest BCUT2D eigenvalue weighted by Crippen LogP contribution is -2.31. The van der Waals surface area contributed by atoms with Gasteiger partial charge in [-0.3, -0.25) is 4.79 Å². The molecule has 0 saturated heterocycles. The Hall–Kier alpha value is -0.600. The van der Waals surface area contributed by atoms with Gasteiger partial charge in [-0.25, -0.2) is 4.39 Å². The number of fused-ring (bicyclic) bond motifs is 1. The summed E-state index contributed by atoms with van der Waals surface area (Å²) in [6, 6.07) is 0. The standard InChI is InChI=1S/C9H13FO2/c1-4-8(6(11)12-3)7(2)5-9(7,8)10/h4-5H2,1-3H3/t7?,8?,9-/m0/s1. The Labute approximate surface area is 71.1 Å². The van der Waals surface area contributed by atoms with Crippen LogP contribution in [0.2, 0.25) is 0 Å². The third-order valence-electron chi connectivity index (χ3n) is 3.97. The molecule has 0 aromatic rings. The summed E-state index contributed by atoms with van der Waals surface area (Å²) in [6.45, 7) is 3.67. The predicted molar refractivity (Wildman–Crippen MR) is 41.3 cm³/mol. The topological polar surface area (TPSA) is 26.3 Å². The van der Waals surface area contributed by atoms with E-state index >= 15 is 0 Å². The quantitative estimate of drug-likeness (QED) is 0.592. The monoisotopic (exact) mass is 172 g/mol. The summed E-state index contributed by atoms with van der Waals surface area (Å²) in [5.74, 6) is -0.374. The van der Waals surface area contributed by atoms with Crippen LogP contribution >= 0.6 is 0 Å². The highest BCUT2D eigenvalue weighted by atomic mass is 19.1. The number of esters is 1. The van der Waals surface area contributed by atoms with E-state index in [1.54, 1.807) is 0 Å². The molecule has 2 fully saturated rings. The van der Waals surface area contributed by atoms with Gasteiger partial charge < -0.3 is 4.74 Å². The highest BCUT2D eigenvalue weighted by Gasteiger charge is 3.02. The number of carbonyl (C=O) groups is 1. The van der Waals surface area contributed by atoms with Crippen molar-refractivity contribution >= 4 is 5.97 Å². The number of rotatable bonds is 2. The third kappa shape index (κ3) is 0.427. The van der Waals surface area contributed by atoms with Gasteiger partial charge in [-0.1, -0.05) is 13.8 Å². The number of methoxy groups -OCH3 is 1. The Morgan fingerprint density at radius 2 is 2.17 bits per heavy atom. The van der Waals surface area contributed by atoms with E-state index < -0.39 is 16.5 Å². The van der Waals surface area contributed by atoms with Crippen LogP contribution in [-0.2, 0) is 9.53 Å². The molecule has 2 nitrogen and oxygen atoms in total. The van der Waals surface area contributed by atoms with Gasteiger partial charge in [0, 0.05) is 5.41 Å². The molecule has 2 rings (SSSR count). The molecular formula is C9H13FO2. The zero-order valence-corrected chi connectivity index (χ0v) is 7.61. The molecule has 0 aromatic carbocycles. The first-order chi connectivity index (χ1) is 5.50. The van der Waals surface area contributed by atoms with Gasteiger partial charge in [0.2, 0.25) is 0 Å². The van der Waals surface area contributed by atoms with Gasteiger partial charge >= 0.3 is 5.97 Å². The number of carbonyl (C=O) groups excluding carboxylic acids is 1. The summed E-state index contributed by atoms with van der Waals surface area (Å²) < 4.78 is 18.3. The number of ether oxygens (including phenoxy) is 1. The van der Waals surface area contributed by atoms with E-state index in [-0.39, 0.29) is 5.97 Å². The average Bonchev–Trinajstić information content (AvgIpc) is 2.71. The van der Waals surface area contributed by atoms with Crippen molar-refractivity contribution in [1.82, 2.24) is 0 Å². The Kier molecular flexibility index (Phi) is 1.12. The lowest BCUT2D eigenvalue weighted by Gasteiger charge is -2.20. The molecule has 2 aliphatic rings. The fourth-order valence-corrected chi connectivity index (χ4v) is 2.92. The summed E-state index contributed by atoms with van der Waals surface area (Å²) >= 11 is 0. The number of hydrogen-bond donors (Lipinski definition) is 0. The molecule has 3 heteroatoms. The molecule has 0 aliphatic heterocycles. The molecule has 3 atom stereocenters. The molecular weight excluding hydrogens is 159 g/mol. The van der Waals surface area contributed by atoms with Crippen LogP contribution in [0.4, 0.5) is 4.39 Å². The predicted octanol–water partition coefficient (Wildman–Crippen LogP) is 1.69. The van der Waals surface area contributed by atoms with Crippen molar-refractivity contribution in [3.63, 3.8) is 0 Å². The van der Waals surface area contributed by atoms with Gasteiger partial charge in [0.05, 0.1) is 7.11 Å². The van der Waals surface area contributed by atoms with Gasteiger partial charge in [0.1, 0.15) is 11.1 Å². The first-order valence-electron chi connectivity index (χ1n) is 4.27. The normalized spacial score (nSPS) is 54.3. The highest BCUT2D eigenvalue weighted by Crippen LogP contribution is 2.93. The van der Waals surface area contributed by atoms with Crippen molar-refractivity contribution in [3.05, 3.63) is 0 Å². The molecule has 0 aromatic heterocycles. The van der Waals surface area contributed by atoms with E-state index in [4.69, 9.17) is 0 Å². The van der Waals surface area contributed by atoms with Crippen LogP contribution in [0, 0.1) is 10.8 Å². The van der Waals surface area contributed by atoms with Crippen LogP contribution in [0.3, 0.4) is 0 Å². The summed E-state index contributed by atoms with van der Waals surface area (Å²) in [5.41, 5.74) is -2.43. The van der Waals surface area contributed by atoms with Gasteiger partial charge in [-0.2, -0.15) is 0 Å². The highest BCUT2D eigenvalue weighted by molar-refractivity contribution is 5.89. The molecule has 2 aliphatic carbocycles. The smallest absolute Gasteiger partial charge is 0.315 e. The maximum absolute atomic E-state index is 13.7. The molecule has 0 bridgehead atoms. The number of alkyl halides is 1. The van der Waals surface area contributed by atoms with Crippen LogP contribution in [0.5, 0.6) is 0 Å². The molecule has 2 saturated carbocycles. The fourth-order valence-electron chi connectivity index (χ4n) is 2.92. The van der Waals surface area contributed by atoms with E-state index in [9.17, 15) is 9.18 Å². The first-order valence-corrected chi connectivity index (χ1v) is 4.27. The molecule has 0 spiro atoms. The van der Waals surface area contributed by atoms with Crippen LogP contribution < -0.4 is 0 Å². The second-order valence-electron chi connectivity index (χ2n) is 4.06. The molecule has 0 N–H and O–H groups in total. The van der Waals surface area contributed by atoms with E-state index in [0.717, 1.165) is 0 Å². The van der Waals surface area contributed by atoms with Crippen molar-refractivity contribution in [2.75, 3.05) is 7.11 Å². The average molecular weight is 172 g/mol.